The summed E-state index contributed by atoms with van der Waals surface area (Å²) in [7, 11) is 0. The van der Waals surface area contributed by atoms with Crippen LogP contribution in [-0.4, -0.2) is 30.3 Å². The lowest BCUT2D eigenvalue weighted by molar-refractivity contribution is -0.122. The number of hydrogen-bond acceptors (Lipinski definition) is 3. The van der Waals surface area contributed by atoms with Crippen molar-refractivity contribution >= 4 is 17.5 Å². The minimum Gasteiger partial charge on any atom is -0.493 e. The molecule has 0 aliphatic heterocycles. The Labute approximate surface area is 106 Å². The Morgan fingerprint density at radius 1 is 1.47 bits per heavy atom. The Bertz CT molecular complexity index is 353. The number of ether oxygens (including phenoxy) is 1. The summed E-state index contributed by atoms with van der Waals surface area (Å²) >= 11 is 5.73. The molecular weight excluding hydrogens is 242 g/mol. The van der Waals surface area contributed by atoms with E-state index in [-0.39, 0.29) is 25.0 Å². The molecular formula is C12H16ClNO3. The fraction of sp³-hybridized carbons (Fsp3) is 0.417. The van der Waals surface area contributed by atoms with Gasteiger partial charge in [-0.25, -0.2) is 0 Å². The summed E-state index contributed by atoms with van der Waals surface area (Å²) < 4.78 is 5.36. The summed E-state index contributed by atoms with van der Waals surface area (Å²) in [5.74, 6) is 0.540. The van der Waals surface area contributed by atoms with Crippen molar-refractivity contribution in [1.29, 1.82) is 0 Å². The molecule has 1 rings (SSSR count). The lowest BCUT2D eigenvalue weighted by Crippen LogP contribution is -2.35. The van der Waals surface area contributed by atoms with E-state index >= 15 is 0 Å². The van der Waals surface area contributed by atoms with Gasteiger partial charge in [0.15, 0.2) is 0 Å². The van der Waals surface area contributed by atoms with Crippen LogP contribution in [0.15, 0.2) is 24.3 Å². The van der Waals surface area contributed by atoms with Gasteiger partial charge >= 0.3 is 0 Å². The van der Waals surface area contributed by atoms with Crippen LogP contribution in [0.3, 0.4) is 0 Å². The number of nitrogens with one attached hydrogen (secondary N) is 1. The number of hydrogen-bond donors (Lipinski definition) is 2. The van der Waals surface area contributed by atoms with Gasteiger partial charge in [0, 0.05) is 11.1 Å². The molecule has 0 spiro atoms. The number of aliphatic hydroxyl groups is 1. The highest BCUT2D eigenvalue weighted by Gasteiger charge is 2.05. The van der Waals surface area contributed by atoms with E-state index < -0.39 is 0 Å². The number of carbonyl (C=O) groups is 1. The van der Waals surface area contributed by atoms with Gasteiger partial charge in [0.05, 0.1) is 19.6 Å². The predicted molar refractivity (Wildman–Crippen MR) is 66.3 cm³/mol. The molecule has 5 heteroatoms. The van der Waals surface area contributed by atoms with E-state index in [0.29, 0.717) is 17.4 Å². The molecule has 2 N–H and O–H groups in total. The van der Waals surface area contributed by atoms with E-state index in [2.05, 4.69) is 5.32 Å². The van der Waals surface area contributed by atoms with Gasteiger partial charge in [-0.3, -0.25) is 4.79 Å². The average Bonchev–Trinajstić information content (AvgIpc) is 2.31. The fourth-order valence-corrected chi connectivity index (χ4v) is 1.31. The van der Waals surface area contributed by atoms with Crippen molar-refractivity contribution in [3.05, 3.63) is 29.3 Å². The second kappa shape index (κ2) is 7.14. The summed E-state index contributed by atoms with van der Waals surface area (Å²) in [5.41, 5.74) is 0. The second-order valence-electron chi connectivity index (χ2n) is 3.70. The van der Waals surface area contributed by atoms with Gasteiger partial charge in [0.2, 0.25) is 5.91 Å². The van der Waals surface area contributed by atoms with E-state index in [0.717, 1.165) is 0 Å². The molecule has 0 saturated carbocycles. The first-order valence-electron chi connectivity index (χ1n) is 5.40. The Kier molecular flexibility index (Phi) is 5.80. The fourth-order valence-electron chi connectivity index (χ4n) is 1.19. The van der Waals surface area contributed by atoms with Crippen LogP contribution < -0.4 is 10.1 Å². The summed E-state index contributed by atoms with van der Waals surface area (Å²) in [6.07, 6.45) is 0.257. The van der Waals surface area contributed by atoms with Crippen LogP contribution >= 0.6 is 11.6 Å². The smallest absolute Gasteiger partial charge is 0.223 e. The molecule has 1 aromatic carbocycles. The Morgan fingerprint density at radius 3 is 2.71 bits per heavy atom. The van der Waals surface area contributed by atoms with E-state index in [9.17, 15) is 4.79 Å². The number of rotatable bonds is 6. The van der Waals surface area contributed by atoms with Crippen LogP contribution in [0.5, 0.6) is 5.75 Å². The first kappa shape index (κ1) is 13.8. The largest absolute Gasteiger partial charge is 0.493 e. The van der Waals surface area contributed by atoms with Gasteiger partial charge in [-0.15, -0.1) is 0 Å². The van der Waals surface area contributed by atoms with Crippen LogP contribution in [0.1, 0.15) is 13.3 Å². The van der Waals surface area contributed by atoms with Gasteiger partial charge in [-0.2, -0.15) is 0 Å². The van der Waals surface area contributed by atoms with Crippen LogP contribution in [0.25, 0.3) is 0 Å². The van der Waals surface area contributed by atoms with Crippen LogP contribution in [0, 0.1) is 0 Å². The summed E-state index contributed by atoms with van der Waals surface area (Å²) in [6, 6.07) is 6.72. The molecule has 0 fully saturated rings. The quantitative estimate of drug-likeness (QED) is 0.814. The third-order valence-corrected chi connectivity index (χ3v) is 2.34. The van der Waals surface area contributed by atoms with Crippen molar-refractivity contribution in [3.8, 4) is 5.75 Å². The Morgan fingerprint density at radius 2 is 2.12 bits per heavy atom. The summed E-state index contributed by atoms with van der Waals surface area (Å²) in [4.78, 5) is 11.3. The van der Waals surface area contributed by atoms with Crippen LogP contribution in [0.4, 0.5) is 0 Å². The second-order valence-corrected chi connectivity index (χ2v) is 4.14. The molecule has 0 heterocycles. The zero-order chi connectivity index (χ0) is 12.7. The molecule has 0 radical (unpaired) electrons. The van der Waals surface area contributed by atoms with Crippen molar-refractivity contribution in [3.63, 3.8) is 0 Å². The van der Waals surface area contributed by atoms with Gasteiger partial charge in [-0.05, 0) is 31.2 Å². The zero-order valence-electron chi connectivity index (χ0n) is 9.65. The van der Waals surface area contributed by atoms with Gasteiger partial charge in [0.25, 0.3) is 0 Å². The molecule has 0 aliphatic carbocycles. The Balaban J connectivity index is 2.23. The molecule has 0 aliphatic rings. The maximum absolute atomic E-state index is 11.3. The highest BCUT2D eigenvalue weighted by Crippen LogP contribution is 2.15. The van der Waals surface area contributed by atoms with Crippen molar-refractivity contribution < 1.29 is 14.6 Å². The number of carbonyl (C=O) groups excluding carboxylic acids is 1. The highest BCUT2D eigenvalue weighted by atomic mass is 35.5. The van der Waals surface area contributed by atoms with Crippen molar-refractivity contribution in [2.75, 3.05) is 13.2 Å². The number of halogens is 1. The molecule has 1 aromatic rings. The normalized spacial score (nSPS) is 11.9. The molecule has 0 bridgehead atoms. The van der Waals surface area contributed by atoms with E-state index in [1.165, 1.54) is 0 Å². The maximum Gasteiger partial charge on any atom is 0.223 e. The monoisotopic (exact) mass is 257 g/mol. The van der Waals surface area contributed by atoms with E-state index in [1.54, 1.807) is 31.2 Å². The molecule has 17 heavy (non-hydrogen) atoms. The third-order valence-electron chi connectivity index (χ3n) is 2.09. The molecule has 0 unspecified atom stereocenters. The topological polar surface area (TPSA) is 58.6 Å². The number of amides is 1. The van der Waals surface area contributed by atoms with Crippen LogP contribution in [0.2, 0.25) is 5.02 Å². The van der Waals surface area contributed by atoms with Crippen molar-refractivity contribution in [2.45, 2.75) is 19.4 Å². The molecule has 94 valence electrons. The predicted octanol–water partition coefficient (Wildman–Crippen LogP) is 1.61. The highest BCUT2D eigenvalue weighted by molar-refractivity contribution is 6.30. The number of aliphatic hydroxyl groups excluding tert-OH is 1. The molecule has 1 amide bonds. The van der Waals surface area contributed by atoms with E-state index in [1.807, 2.05) is 0 Å². The molecule has 1 atom stereocenters. The molecule has 4 nitrogen and oxygen atoms in total. The minimum absolute atomic E-state index is 0.0657. The van der Waals surface area contributed by atoms with Gasteiger partial charge < -0.3 is 15.2 Å². The SMILES string of the molecule is C[C@H](CO)NC(=O)CCOc1ccc(Cl)cc1. The summed E-state index contributed by atoms with van der Waals surface area (Å²) in [5, 5.41) is 12.0. The number of benzene rings is 1. The van der Waals surface area contributed by atoms with Crippen molar-refractivity contribution in [2.24, 2.45) is 0 Å². The molecule has 0 saturated heterocycles. The van der Waals surface area contributed by atoms with Crippen molar-refractivity contribution in [1.82, 2.24) is 5.32 Å². The maximum atomic E-state index is 11.3. The third kappa shape index (κ3) is 5.56. The average molecular weight is 258 g/mol. The van der Waals surface area contributed by atoms with E-state index in [4.69, 9.17) is 21.4 Å². The zero-order valence-corrected chi connectivity index (χ0v) is 10.4. The Hall–Kier alpha value is -1.26. The lowest BCUT2D eigenvalue weighted by Gasteiger charge is -2.11. The van der Waals surface area contributed by atoms with Crippen LogP contribution in [-0.2, 0) is 4.79 Å². The molecule has 0 aromatic heterocycles. The summed E-state index contributed by atoms with van der Waals surface area (Å²) in [6.45, 7) is 1.97. The lowest BCUT2D eigenvalue weighted by atomic mass is 10.3. The minimum atomic E-state index is -0.224. The first-order valence-corrected chi connectivity index (χ1v) is 5.78. The standard InChI is InChI=1S/C12H16ClNO3/c1-9(8-15)14-12(16)6-7-17-11-4-2-10(13)3-5-11/h2-5,9,15H,6-8H2,1H3,(H,14,16)/t9-/m1/s1. The van der Waals surface area contributed by atoms with Gasteiger partial charge in [0.1, 0.15) is 5.75 Å². The van der Waals surface area contributed by atoms with Gasteiger partial charge in [-0.1, -0.05) is 11.6 Å². The first-order chi connectivity index (χ1) is 8.11.